The van der Waals surface area contributed by atoms with Crippen molar-refractivity contribution in [3.8, 4) is 0 Å². The van der Waals surface area contributed by atoms with Crippen LogP contribution in [0.1, 0.15) is 29.0 Å². The molecule has 2 aliphatic rings. The molecule has 0 bridgehead atoms. The van der Waals surface area contributed by atoms with Crippen LogP contribution in [-0.2, 0) is 4.79 Å². The largest absolute Gasteiger partial charge is 0.316 e. The number of rotatable bonds is 0. The maximum Gasteiger partial charge on any atom is 0.230 e. The summed E-state index contributed by atoms with van der Waals surface area (Å²) in [5.41, 5.74) is 5.04. The number of nitrogens with zero attached hydrogens (tertiary/aromatic N) is 1. The summed E-state index contributed by atoms with van der Waals surface area (Å²) >= 11 is 0. The maximum atomic E-state index is 12.5. The molecule has 2 atom stereocenters. The number of piperidine rings is 1. The molecule has 1 aromatic carbocycles. The third-order valence-electron chi connectivity index (χ3n) is 4.47. The molecule has 2 aliphatic heterocycles. The van der Waals surface area contributed by atoms with Gasteiger partial charge in [0.1, 0.15) is 0 Å². The number of fused-ring (bicyclic) bond motifs is 3. The van der Waals surface area contributed by atoms with Crippen LogP contribution < -0.4 is 10.2 Å². The molecule has 0 saturated carbocycles. The zero-order valence-electron chi connectivity index (χ0n) is 11.3. The lowest BCUT2D eigenvalue weighted by Gasteiger charge is -2.42. The van der Waals surface area contributed by atoms with Gasteiger partial charge in [-0.05, 0) is 43.5 Å². The van der Waals surface area contributed by atoms with Crippen LogP contribution in [0.4, 0.5) is 5.69 Å². The van der Waals surface area contributed by atoms with Crippen molar-refractivity contribution in [1.29, 1.82) is 0 Å². The van der Waals surface area contributed by atoms with Gasteiger partial charge < -0.3 is 10.2 Å². The van der Waals surface area contributed by atoms with Crippen molar-refractivity contribution < 1.29 is 4.79 Å². The van der Waals surface area contributed by atoms with Crippen LogP contribution in [-0.4, -0.2) is 26.0 Å². The summed E-state index contributed by atoms with van der Waals surface area (Å²) in [4.78, 5) is 14.4. The second-order valence-electron chi connectivity index (χ2n) is 5.56. The predicted octanol–water partition coefficient (Wildman–Crippen LogP) is 1.97. The number of hydrogen-bond acceptors (Lipinski definition) is 2. The van der Waals surface area contributed by atoms with E-state index < -0.39 is 0 Å². The first-order valence-corrected chi connectivity index (χ1v) is 6.69. The first-order valence-electron chi connectivity index (χ1n) is 6.69. The molecular weight excluding hydrogens is 224 g/mol. The molecule has 1 fully saturated rings. The molecule has 0 aromatic heterocycles. The second kappa shape index (κ2) is 4.09. The van der Waals surface area contributed by atoms with Crippen molar-refractivity contribution in [1.82, 2.24) is 5.32 Å². The van der Waals surface area contributed by atoms with Crippen LogP contribution in [0.5, 0.6) is 0 Å². The summed E-state index contributed by atoms with van der Waals surface area (Å²) < 4.78 is 0. The molecule has 1 aromatic rings. The van der Waals surface area contributed by atoms with Gasteiger partial charge in [-0.3, -0.25) is 4.79 Å². The van der Waals surface area contributed by atoms with Crippen molar-refractivity contribution in [2.24, 2.45) is 5.92 Å². The predicted molar refractivity (Wildman–Crippen MR) is 73.0 cm³/mol. The normalized spacial score (nSPS) is 26.8. The minimum Gasteiger partial charge on any atom is -0.316 e. The first kappa shape index (κ1) is 11.7. The third-order valence-corrected chi connectivity index (χ3v) is 4.47. The fourth-order valence-electron chi connectivity index (χ4n) is 3.55. The molecule has 1 N–H and O–H groups in total. The van der Waals surface area contributed by atoms with E-state index in [4.69, 9.17) is 0 Å². The van der Waals surface area contributed by atoms with Gasteiger partial charge in [0.05, 0.1) is 5.69 Å². The van der Waals surface area contributed by atoms with Crippen molar-refractivity contribution in [2.45, 2.75) is 26.2 Å². The average molecular weight is 244 g/mol. The van der Waals surface area contributed by atoms with Crippen LogP contribution in [0.3, 0.4) is 0 Å². The van der Waals surface area contributed by atoms with Crippen LogP contribution in [0.15, 0.2) is 12.1 Å². The van der Waals surface area contributed by atoms with Crippen LogP contribution in [0, 0.1) is 19.8 Å². The molecule has 3 heteroatoms. The van der Waals surface area contributed by atoms with E-state index in [1.54, 1.807) is 0 Å². The van der Waals surface area contributed by atoms with Crippen LogP contribution in [0.25, 0.3) is 0 Å². The number of nitrogens with one attached hydrogen (secondary N) is 1. The Morgan fingerprint density at radius 2 is 1.94 bits per heavy atom. The molecule has 96 valence electrons. The lowest BCUT2D eigenvalue weighted by Crippen LogP contribution is -2.48. The summed E-state index contributed by atoms with van der Waals surface area (Å²) in [7, 11) is 1.92. The molecule has 2 unspecified atom stereocenters. The van der Waals surface area contributed by atoms with E-state index in [1.165, 1.54) is 16.7 Å². The number of carbonyl (C=O) groups excluding carboxylic acids is 1. The van der Waals surface area contributed by atoms with Gasteiger partial charge in [-0.1, -0.05) is 12.1 Å². The molecule has 3 rings (SSSR count). The number of amides is 1. The molecule has 18 heavy (non-hydrogen) atoms. The molecule has 0 aliphatic carbocycles. The third kappa shape index (κ3) is 1.50. The average Bonchev–Trinajstić information content (AvgIpc) is 2.38. The summed E-state index contributed by atoms with van der Waals surface area (Å²) in [5, 5.41) is 3.44. The maximum absolute atomic E-state index is 12.5. The van der Waals surface area contributed by atoms with Gasteiger partial charge in [0.15, 0.2) is 0 Å². The standard InChI is InChI=1S/C15H20N2O/c1-9-4-5-10(2)14-13(9)12-8-16-7-6-11(12)15(18)17(14)3/h4-5,11-12,16H,6-8H2,1-3H3. The van der Waals surface area contributed by atoms with Crippen LogP contribution in [0.2, 0.25) is 0 Å². The number of carbonyl (C=O) groups is 1. The molecule has 1 saturated heterocycles. The van der Waals surface area contributed by atoms with Gasteiger partial charge in [-0.2, -0.15) is 0 Å². The fourth-order valence-corrected chi connectivity index (χ4v) is 3.55. The van der Waals surface area contributed by atoms with Gasteiger partial charge in [0.25, 0.3) is 0 Å². The Balaban J connectivity index is 2.21. The smallest absolute Gasteiger partial charge is 0.230 e. The Morgan fingerprint density at radius 1 is 1.22 bits per heavy atom. The van der Waals surface area contributed by atoms with Crippen molar-refractivity contribution in [3.05, 3.63) is 28.8 Å². The number of hydrogen-bond donors (Lipinski definition) is 1. The minimum absolute atomic E-state index is 0.171. The molecule has 3 nitrogen and oxygen atoms in total. The lowest BCUT2D eigenvalue weighted by molar-refractivity contribution is -0.124. The van der Waals surface area contributed by atoms with Gasteiger partial charge in [0, 0.05) is 25.4 Å². The Bertz CT molecular complexity index is 509. The van der Waals surface area contributed by atoms with Gasteiger partial charge in [-0.15, -0.1) is 0 Å². The van der Waals surface area contributed by atoms with Gasteiger partial charge in [0.2, 0.25) is 5.91 Å². The Kier molecular flexibility index (Phi) is 2.67. The topological polar surface area (TPSA) is 32.3 Å². The Hall–Kier alpha value is -1.35. The number of anilines is 1. The summed E-state index contributed by atoms with van der Waals surface area (Å²) in [6, 6.07) is 4.30. The highest BCUT2D eigenvalue weighted by molar-refractivity contribution is 5.99. The van der Waals surface area contributed by atoms with Gasteiger partial charge >= 0.3 is 0 Å². The van der Waals surface area contributed by atoms with Crippen molar-refractivity contribution in [2.75, 3.05) is 25.0 Å². The van der Waals surface area contributed by atoms with Crippen molar-refractivity contribution >= 4 is 11.6 Å². The molecule has 0 radical (unpaired) electrons. The summed E-state index contributed by atoms with van der Waals surface area (Å²) in [5.74, 6) is 0.823. The van der Waals surface area contributed by atoms with E-state index >= 15 is 0 Å². The van der Waals surface area contributed by atoms with Crippen LogP contribution >= 0.6 is 0 Å². The zero-order valence-corrected chi connectivity index (χ0v) is 11.3. The quantitative estimate of drug-likeness (QED) is 0.757. The van der Waals surface area contributed by atoms with E-state index in [1.807, 2.05) is 11.9 Å². The highest BCUT2D eigenvalue weighted by Crippen LogP contribution is 2.44. The first-order chi connectivity index (χ1) is 8.61. The second-order valence-corrected chi connectivity index (χ2v) is 5.56. The summed E-state index contributed by atoms with van der Waals surface area (Å²) in [6.07, 6.45) is 0.959. The Labute approximate surface area is 108 Å². The van der Waals surface area contributed by atoms with E-state index in [0.717, 1.165) is 25.2 Å². The molecule has 1 amide bonds. The summed E-state index contributed by atoms with van der Waals surface area (Å²) in [6.45, 7) is 6.15. The number of benzene rings is 1. The van der Waals surface area contributed by atoms with Gasteiger partial charge in [-0.25, -0.2) is 0 Å². The van der Waals surface area contributed by atoms with E-state index in [9.17, 15) is 4.79 Å². The lowest BCUT2D eigenvalue weighted by atomic mass is 9.75. The van der Waals surface area contributed by atoms with E-state index in [2.05, 4.69) is 31.3 Å². The highest BCUT2D eigenvalue weighted by Gasteiger charge is 2.41. The fraction of sp³-hybridized carbons (Fsp3) is 0.533. The molecule has 2 heterocycles. The zero-order chi connectivity index (χ0) is 12.9. The SMILES string of the molecule is Cc1ccc(C)c2c1C1CNCCC1C(=O)N2C. The minimum atomic E-state index is 0.171. The Morgan fingerprint density at radius 3 is 2.72 bits per heavy atom. The van der Waals surface area contributed by atoms with E-state index in [-0.39, 0.29) is 5.92 Å². The molecular formula is C15H20N2O. The molecule has 0 spiro atoms. The number of aryl methyl sites for hydroxylation is 2. The van der Waals surface area contributed by atoms with Crippen molar-refractivity contribution in [3.63, 3.8) is 0 Å². The highest BCUT2D eigenvalue weighted by atomic mass is 16.2. The van der Waals surface area contributed by atoms with E-state index in [0.29, 0.717) is 11.8 Å². The monoisotopic (exact) mass is 244 g/mol.